The fourth-order valence-electron chi connectivity index (χ4n) is 0.289. The van der Waals surface area contributed by atoms with E-state index in [0.717, 1.165) is 12.5 Å². The molecule has 0 aliphatic heterocycles. The Morgan fingerprint density at radius 1 is 2.00 bits per heavy atom. The van der Waals surface area contributed by atoms with Gasteiger partial charge in [-0.1, -0.05) is 0 Å². The molecule has 0 aromatic heterocycles. The first kappa shape index (κ1) is 3.16. The van der Waals surface area contributed by atoms with Crippen LogP contribution >= 0.6 is 0 Å². The van der Waals surface area contributed by atoms with Crippen molar-refractivity contribution in [3.8, 4) is 0 Å². The minimum absolute atomic E-state index is 0.787. The van der Waals surface area contributed by atoms with Crippen LogP contribution in [0.5, 0.6) is 0 Å². The second kappa shape index (κ2) is 0.977. The van der Waals surface area contributed by atoms with Crippen molar-refractivity contribution in [2.75, 3.05) is 6.54 Å². The van der Waals surface area contributed by atoms with E-state index in [4.69, 9.17) is 5.73 Å². The summed E-state index contributed by atoms with van der Waals surface area (Å²) in [6.45, 7) is 0.861. The van der Waals surface area contributed by atoms with Crippen LogP contribution in [0.2, 0.25) is 0 Å². The molecule has 1 fully saturated rings. The average molecular weight is 70.1 g/mol. The highest BCUT2D eigenvalue weighted by atomic mass is 14.6. The average Bonchev–Trinajstić information content (AvgIpc) is 2.12. The van der Waals surface area contributed by atoms with E-state index in [2.05, 4.69) is 6.42 Å². The molecule has 1 aliphatic rings. The van der Waals surface area contributed by atoms with Crippen molar-refractivity contribution in [2.24, 2.45) is 11.7 Å². The zero-order valence-corrected chi connectivity index (χ0v) is 3.15. The normalized spacial score (nSPS) is 23.4. The molecule has 0 heterocycles. The van der Waals surface area contributed by atoms with Gasteiger partial charge >= 0.3 is 0 Å². The van der Waals surface area contributed by atoms with Crippen LogP contribution in [0.1, 0.15) is 6.42 Å². The van der Waals surface area contributed by atoms with Crippen LogP contribution < -0.4 is 5.73 Å². The SMILES string of the molecule is NC[C@@H]1[CH]C1. The van der Waals surface area contributed by atoms with Gasteiger partial charge in [0.25, 0.3) is 0 Å². The summed E-state index contributed by atoms with van der Waals surface area (Å²) in [6, 6.07) is 0. The predicted octanol–water partition coefficient (Wildman–Crippen LogP) is 0.169. The van der Waals surface area contributed by atoms with Crippen molar-refractivity contribution < 1.29 is 0 Å². The third-order valence-electron chi connectivity index (χ3n) is 0.872. The van der Waals surface area contributed by atoms with Gasteiger partial charge in [-0.3, -0.25) is 0 Å². The van der Waals surface area contributed by atoms with Gasteiger partial charge in [-0.2, -0.15) is 0 Å². The van der Waals surface area contributed by atoms with Gasteiger partial charge < -0.3 is 5.73 Å². The van der Waals surface area contributed by atoms with Crippen molar-refractivity contribution in [1.29, 1.82) is 0 Å². The summed E-state index contributed by atoms with van der Waals surface area (Å²) in [6.07, 6.45) is 3.48. The summed E-state index contributed by atoms with van der Waals surface area (Å²) in [4.78, 5) is 0. The molecular formula is C4H8N. The van der Waals surface area contributed by atoms with Crippen LogP contribution in [-0.4, -0.2) is 6.54 Å². The lowest BCUT2D eigenvalue weighted by Crippen LogP contribution is -1.98. The highest BCUT2D eigenvalue weighted by Gasteiger charge is 2.18. The highest BCUT2D eigenvalue weighted by molar-refractivity contribution is 4.94. The van der Waals surface area contributed by atoms with Crippen LogP contribution in [0.3, 0.4) is 0 Å². The second-order valence-corrected chi connectivity index (χ2v) is 1.47. The minimum atomic E-state index is 0.787. The minimum Gasteiger partial charge on any atom is -0.330 e. The molecule has 0 aromatic carbocycles. The van der Waals surface area contributed by atoms with E-state index < -0.39 is 0 Å². The molecule has 0 amide bonds. The number of hydrogen-bond donors (Lipinski definition) is 1. The van der Waals surface area contributed by atoms with Gasteiger partial charge in [0.15, 0.2) is 0 Å². The molecular weight excluding hydrogens is 62.1 g/mol. The Kier molecular flexibility index (Phi) is 0.618. The maximum atomic E-state index is 5.20. The number of nitrogens with two attached hydrogens (primary N) is 1. The Bertz CT molecular complexity index is 30.6. The standard InChI is InChI=1S/C4H8N/c5-3-4-1-2-4/h1,4H,2-3,5H2/t4-/m1/s1. The Hall–Kier alpha value is -0.0400. The maximum Gasteiger partial charge on any atom is -0.00460 e. The summed E-state index contributed by atoms with van der Waals surface area (Å²) in [7, 11) is 0. The van der Waals surface area contributed by atoms with E-state index in [9.17, 15) is 0 Å². The molecule has 1 saturated carbocycles. The summed E-state index contributed by atoms with van der Waals surface area (Å²) in [5.74, 6) is 0.787. The molecule has 0 saturated heterocycles. The molecule has 0 aromatic rings. The van der Waals surface area contributed by atoms with Crippen molar-refractivity contribution in [2.45, 2.75) is 6.42 Å². The topological polar surface area (TPSA) is 26.0 Å². The molecule has 1 rings (SSSR count). The van der Waals surface area contributed by atoms with Crippen LogP contribution in [0.4, 0.5) is 0 Å². The lowest BCUT2D eigenvalue weighted by Gasteiger charge is -1.74. The van der Waals surface area contributed by atoms with Crippen LogP contribution in [-0.2, 0) is 0 Å². The van der Waals surface area contributed by atoms with Gasteiger partial charge in [0.05, 0.1) is 0 Å². The van der Waals surface area contributed by atoms with Crippen molar-refractivity contribution >= 4 is 0 Å². The van der Waals surface area contributed by atoms with Gasteiger partial charge in [0, 0.05) is 0 Å². The van der Waals surface area contributed by atoms with Crippen LogP contribution in [0, 0.1) is 12.3 Å². The van der Waals surface area contributed by atoms with E-state index in [-0.39, 0.29) is 0 Å². The fourth-order valence-corrected chi connectivity index (χ4v) is 0.289. The summed E-state index contributed by atoms with van der Waals surface area (Å²) in [5.41, 5.74) is 5.20. The number of rotatable bonds is 1. The first-order chi connectivity index (χ1) is 2.43. The molecule has 1 nitrogen and oxygen atoms in total. The van der Waals surface area contributed by atoms with E-state index in [1.807, 2.05) is 0 Å². The Labute approximate surface area is 32.2 Å². The zero-order valence-electron chi connectivity index (χ0n) is 3.15. The lowest BCUT2D eigenvalue weighted by atomic mass is 10.5. The van der Waals surface area contributed by atoms with Gasteiger partial charge in [-0.05, 0) is 25.3 Å². The van der Waals surface area contributed by atoms with Gasteiger partial charge in [0.2, 0.25) is 0 Å². The van der Waals surface area contributed by atoms with Gasteiger partial charge in [0.1, 0.15) is 0 Å². The summed E-state index contributed by atoms with van der Waals surface area (Å²) < 4.78 is 0. The number of hydrogen-bond acceptors (Lipinski definition) is 1. The maximum absolute atomic E-state index is 5.20. The fraction of sp³-hybridized carbons (Fsp3) is 0.750. The third-order valence-corrected chi connectivity index (χ3v) is 0.872. The van der Waals surface area contributed by atoms with Gasteiger partial charge in [-0.25, -0.2) is 0 Å². The van der Waals surface area contributed by atoms with E-state index in [1.54, 1.807) is 0 Å². The first-order valence-corrected chi connectivity index (χ1v) is 1.97. The zero-order chi connectivity index (χ0) is 3.70. The third kappa shape index (κ3) is 0.618. The molecule has 1 radical (unpaired) electrons. The Morgan fingerprint density at radius 3 is 2.60 bits per heavy atom. The second-order valence-electron chi connectivity index (χ2n) is 1.47. The van der Waals surface area contributed by atoms with Crippen molar-refractivity contribution in [3.05, 3.63) is 6.42 Å². The van der Waals surface area contributed by atoms with Crippen LogP contribution in [0.15, 0.2) is 0 Å². The Balaban J connectivity index is 2.00. The monoisotopic (exact) mass is 70.1 g/mol. The van der Waals surface area contributed by atoms with E-state index in [1.165, 1.54) is 6.42 Å². The smallest absolute Gasteiger partial charge is 0.00460 e. The van der Waals surface area contributed by atoms with Crippen molar-refractivity contribution in [3.63, 3.8) is 0 Å². The molecule has 0 spiro atoms. The molecule has 29 valence electrons. The molecule has 5 heavy (non-hydrogen) atoms. The predicted molar refractivity (Wildman–Crippen MR) is 21.5 cm³/mol. The summed E-state index contributed by atoms with van der Waals surface area (Å²) >= 11 is 0. The van der Waals surface area contributed by atoms with Gasteiger partial charge in [-0.15, -0.1) is 0 Å². The van der Waals surface area contributed by atoms with E-state index in [0.29, 0.717) is 0 Å². The Morgan fingerprint density at radius 2 is 2.60 bits per heavy atom. The molecule has 1 aliphatic carbocycles. The highest BCUT2D eigenvalue weighted by Crippen LogP contribution is 2.24. The molecule has 0 bridgehead atoms. The molecule has 2 N–H and O–H groups in total. The first-order valence-electron chi connectivity index (χ1n) is 1.97. The molecule has 1 heteroatoms. The summed E-state index contributed by atoms with van der Waals surface area (Å²) in [5, 5.41) is 0. The largest absolute Gasteiger partial charge is 0.330 e. The molecule has 1 atom stereocenters. The lowest BCUT2D eigenvalue weighted by molar-refractivity contribution is 0.873. The molecule has 0 unspecified atom stereocenters. The van der Waals surface area contributed by atoms with E-state index >= 15 is 0 Å². The van der Waals surface area contributed by atoms with Crippen molar-refractivity contribution in [1.82, 2.24) is 0 Å². The quantitative estimate of drug-likeness (QED) is 0.467. The van der Waals surface area contributed by atoms with Crippen LogP contribution in [0.25, 0.3) is 0 Å².